The number of halogens is 3. The van der Waals surface area contributed by atoms with Gasteiger partial charge in [-0.25, -0.2) is 26.6 Å². The zero-order valence-electron chi connectivity index (χ0n) is 14.2. The summed E-state index contributed by atoms with van der Waals surface area (Å²) in [5.74, 6) is -4.56. The van der Waals surface area contributed by atoms with Crippen molar-refractivity contribution in [2.45, 2.75) is 12.5 Å². The third-order valence-electron chi connectivity index (χ3n) is 4.38. The van der Waals surface area contributed by atoms with Crippen LogP contribution in [0, 0.1) is 17.5 Å². The number of pyridine rings is 1. The second-order valence-corrected chi connectivity index (χ2v) is 8.48. The molecule has 0 bridgehead atoms. The molecule has 0 radical (unpaired) electrons. The van der Waals surface area contributed by atoms with Gasteiger partial charge in [0.25, 0.3) is 5.91 Å². The lowest BCUT2D eigenvalue weighted by Crippen LogP contribution is -2.37. The molecule has 3 rings (SSSR count). The van der Waals surface area contributed by atoms with E-state index in [-0.39, 0.29) is 28.6 Å². The first-order valence-electron chi connectivity index (χ1n) is 8.02. The van der Waals surface area contributed by atoms with Gasteiger partial charge < -0.3 is 10.2 Å². The molecule has 10 heteroatoms. The average molecular weight is 399 g/mol. The van der Waals surface area contributed by atoms with Crippen LogP contribution in [0.3, 0.4) is 0 Å². The normalized spacial score (nSPS) is 18.3. The molecule has 27 heavy (non-hydrogen) atoms. The zero-order chi connectivity index (χ0) is 19.8. The number of nitrogens with one attached hydrogen (secondary N) is 1. The topological polar surface area (TPSA) is 79.4 Å². The molecule has 1 aliphatic rings. The van der Waals surface area contributed by atoms with Gasteiger partial charge in [0.05, 0.1) is 22.8 Å². The number of nitrogens with zero attached hydrogens (tertiary/aromatic N) is 2. The van der Waals surface area contributed by atoms with Crippen LogP contribution >= 0.6 is 0 Å². The minimum absolute atomic E-state index is 0.0518. The Hall–Kier alpha value is -2.62. The molecule has 1 unspecified atom stereocenters. The lowest BCUT2D eigenvalue weighted by molar-refractivity contribution is 0.0747. The third-order valence-corrected chi connectivity index (χ3v) is 6.14. The molecule has 1 fully saturated rings. The number of aromatic nitrogens is 1. The van der Waals surface area contributed by atoms with Crippen molar-refractivity contribution >= 4 is 27.2 Å². The lowest BCUT2D eigenvalue weighted by Gasteiger charge is -2.23. The van der Waals surface area contributed by atoms with Crippen molar-refractivity contribution in [1.29, 1.82) is 0 Å². The van der Waals surface area contributed by atoms with Gasteiger partial charge >= 0.3 is 0 Å². The average Bonchev–Trinajstić information content (AvgIpc) is 3.01. The van der Waals surface area contributed by atoms with Crippen molar-refractivity contribution in [3.05, 3.63) is 53.5 Å². The molecular formula is C17H16F3N3O3S. The Kier molecular flexibility index (Phi) is 5.09. The van der Waals surface area contributed by atoms with Gasteiger partial charge in [-0.3, -0.25) is 4.79 Å². The van der Waals surface area contributed by atoms with E-state index in [9.17, 15) is 26.4 Å². The molecule has 1 amide bonds. The monoisotopic (exact) mass is 399 g/mol. The highest BCUT2D eigenvalue weighted by Gasteiger charge is 2.33. The fourth-order valence-corrected chi connectivity index (χ4v) is 4.58. The largest absolute Gasteiger partial charge is 0.338 e. The van der Waals surface area contributed by atoms with Gasteiger partial charge in [-0.05, 0) is 30.7 Å². The molecule has 1 aliphatic heterocycles. The standard InChI is InChI=1S/C17H16F3N3O3S/c1-23(11-6-7-27(25,26)9-11)17(24)10-2-5-14(21-8-10)22-13-4-3-12(18)15(19)16(13)20/h2-5,8,11H,6-7,9H2,1H3,(H,21,22). The molecule has 1 aromatic heterocycles. The first-order chi connectivity index (χ1) is 12.7. The summed E-state index contributed by atoms with van der Waals surface area (Å²) < 4.78 is 63.0. The number of rotatable bonds is 4. The van der Waals surface area contributed by atoms with Crippen LogP contribution in [0.25, 0.3) is 0 Å². The van der Waals surface area contributed by atoms with E-state index in [0.717, 1.165) is 12.1 Å². The fraction of sp³-hybridized carbons (Fsp3) is 0.294. The van der Waals surface area contributed by atoms with E-state index in [2.05, 4.69) is 10.3 Å². The van der Waals surface area contributed by atoms with Crippen LogP contribution in [0.4, 0.5) is 24.7 Å². The van der Waals surface area contributed by atoms with Crippen LogP contribution in [-0.2, 0) is 9.84 Å². The molecule has 2 heterocycles. The number of amides is 1. The van der Waals surface area contributed by atoms with Crippen molar-refractivity contribution in [2.24, 2.45) is 0 Å². The van der Waals surface area contributed by atoms with Crippen molar-refractivity contribution in [3.63, 3.8) is 0 Å². The Bertz CT molecular complexity index is 981. The summed E-state index contributed by atoms with van der Waals surface area (Å²) in [5, 5.41) is 2.50. The summed E-state index contributed by atoms with van der Waals surface area (Å²) in [7, 11) is -1.60. The Morgan fingerprint density at radius 3 is 2.52 bits per heavy atom. The number of anilines is 2. The number of carbonyl (C=O) groups is 1. The Balaban J connectivity index is 1.72. The second-order valence-electron chi connectivity index (χ2n) is 6.25. The number of hydrogen-bond acceptors (Lipinski definition) is 5. The van der Waals surface area contributed by atoms with E-state index < -0.39 is 39.2 Å². The molecule has 1 saturated heterocycles. The molecule has 1 N–H and O–H groups in total. The van der Waals surface area contributed by atoms with Gasteiger partial charge in [-0.2, -0.15) is 0 Å². The number of hydrogen-bond donors (Lipinski definition) is 1. The summed E-state index contributed by atoms with van der Waals surface area (Å²) in [6.07, 6.45) is 1.62. The molecule has 144 valence electrons. The third kappa shape index (κ3) is 4.05. The van der Waals surface area contributed by atoms with Crippen molar-refractivity contribution in [1.82, 2.24) is 9.88 Å². The first kappa shape index (κ1) is 19.2. The zero-order valence-corrected chi connectivity index (χ0v) is 15.1. The number of sulfone groups is 1. The van der Waals surface area contributed by atoms with Gasteiger partial charge in [0.1, 0.15) is 5.82 Å². The molecular weight excluding hydrogens is 383 g/mol. The van der Waals surface area contributed by atoms with Crippen LogP contribution in [0.1, 0.15) is 16.8 Å². The Morgan fingerprint density at radius 1 is 1.19 bits per heavy atom. The van der Waals surface area contributed by atoms with Gasteiger partial charge in [-0.1, -0.05) is 0 Å². The maximum Gasteiger partial charge on any atom is 0.255 e. The van der Waals surface area contributed by atoms with Crippen LogP contribution < -0.4 is 5.32 Å². The molecule has 0 aliphatic carbocycles. The molecule has 2 aromatic rings. The number of benzene rings is 1. The summed E-state index contributed by atoms with van der Waals surface area (Å²) in [6, 6.07) is 4.23. The Labute approximate surface area is 153 Å². The maximum absolute atomic E-state index is 13.7. The molecule has 6 nitrogen and oxygen atoms in total. The van der Waals surface area contributed by atoms with Crippen LogP contribution in [0.5, 0.6) is 0 Å². The van der Waals surface area contributed by atoms with Crippen molar-refractivity contribution in [2.75, 3.05) is 23.9 Å². The summed E-state index contributed by atoms with van der Waals surface area (Å²) in [5.41, 5.74) is -0.0770. The van der Waals surface area contributed by atoms with Gasteiger partial charge in [0.2, 0.25) is 0 Å². The van der Waals surface area contributed by atoms with Gasteiger partial charge in [0, 0.05) is 19.3 Å². The SMILES string of the molecule is CN(C(=O)c1ccc(Nc2ccc(F)c(F)c2F)nc1)C1CCS(=O)(=O)C1. The van der Waals surface area contributed by atoms with E-state index in [0.29, 0.717) is 6.42 Å². The van der Waals surface area contributed by atoms with Crippen LogP contribution in [-0.4, -0.2) is 48.8 Å². The summed E-state index contributed by atoms with van der Waals surface area (Å²) >= 11 is 0. The molecule has 1 aromatic carbocycles. The summed E-state index contributed by atoms with van der Waals surface area (Å²) in [6.45, 7) is 0. The molecule has 0 spiro atoms. The minimum Gasteiger partial charge on any atom is -0.338 e. The van der Waals surface area contributed by atoms with Gasteiger partial charge in [0.15, 0.2) is 27.3 Å². The van der Waals surface area contributed by atoms with Crippen LogP contribution in [0.15, 0.2) is 30.5 Å². The second kappa shape index (κ2) is 7.18. The molecule has 0 saturated carbocycles. The summed E-state index contributed by atoms with van der Waals surface area (Å²) in [4.78, 5) is 17.8. The van der Waals surface area contributed by atoms with Crippen molar-refractivity contribution < 1.29 is 26.4 Å². The number of carbonyl (C=O) groups excluding carboxylic acids is 1. The lowest BCUT2D eigenvalue weighted by atomic mass is 10.2. The highest BCUT2D eigenvalue weighted by Crippen LogP contribution is 2.23. The van der Waals surface area contributed by atoms with Crippen molar-refractivity contribution in [3.8, 4) is 0 Å². The first-order valence-corrected chi connectivity index (χ1v) is 9.84. The van der Waals surface area contributed by atoms with E-state index >= 15 is 0 Å². The quantitative estimate of drug-likeness (QED) is 0.800. The molecule has 1 atom stereocenters. The van der Waals surface area contributed by atoms with E-state index in [1.807, 2.05) is 0 Å². The smallest absolute Gasteiger partial charge is 0.255 e. The van der Waals surface area contributed by atoms with E-state index in [1.54, 1.807) is 0 Å². The van der Waals surface area contributed by atoms with Crippen LogP contribution in [0.2, 0.25) is 0 Å². The maximum atomic E-state index is 13.7. The predicted octanol–water partition coefficient (Wildman–Crippen LogP) is 2.50. The highest BCUT2D eigenvalue weighted by molar-refractivity contribution is 7.91. The minimum atomic E-state index is -3.12. The van der Waals surface area contributed by atoms with E-state index in [4.69, 9.17) is 0 Å². The predicted molar refractivity (Wildman–Crippen MR) is 93.0 cm³/mol. The fourth-order valence-electron chi connectivity index (χ4n) is 2.81. The Morgan fingerprint density at radius 2 is 1.93 bits per heavy atom. The van der Waals surface area contributed by atoms with Gasteiger partial charge in [-0.15, -0.1) is 0 Å². The van der Waals surface area contributed by atoms with E-state index in [1.165, 1.54) is 30.3 Å². The highest BCUT2D eigenvalue weighted by atomic mass is 32.2.